The molecular weight excluding hydrogens is 286 g/mol. The predicted molar refractivity (Wildman–Crippen MR) is 77.7 cm³/mol. The molecule has 1 aromatic heterocycles. The third kappa shape index (κ3) is 3.77. The molecule has 0 radical (unpaired) electrons. The van der Waals surface area contributed by atoms with Crippen LogP contribution >= 0.6 is 0 Å². The Morgan fingerprint density at radius 3 is 2.59 bits per heavy atom. The Morgan fingerprint density at radius 2 is 2.00 bits per heavy atom. The molecule has 0 aliphatic rings. The molecule has 0 N–H and O–H groups in total. The minimum absolute atomic E-state index is 0.131. The Hall–Kier alpha value is -2.98. The van der Waals surface area contributed by atoms with Gasteiger partial charge in [-0.25, -0.2) is 0 Å². The third-order valence-corrected chi connectivity index (χ3v) is 2.89. The number of nitriles is 1. The number of ether oxygens (including phenoxy) is 2. The second kappa shape index (κ2) is 7.15. The summed E-state index contributed by atoms with van der Waals surface area (Å²) in [5.74, 6) is 0.665. The van der Waals surface area contributed by atoms with Gasteiger partial charge >= 0.3 is 5.69 Å². The molecule has 112 valence electrons. The molecule has 2 aromatic rings. The van der Waals surface area contributed by atoms with Crippen LogP contribution in [0.1, 0.15) is 11.3 Å². The van der Waals surface area contributed by atoms with Gasteiger partial charge < -0.3 is 9.47 Å². The van der Waals surface area contributed by atoms with Gasteiger partial charge in [-0.2, -0.15) is 10.2 Å². The minimum Gasteiger partial charge on any atom is -0.439 e. The molecule has 22 heavy (non-hydrogen) atoms. The summed E-state index contributed by atoms with van der Waals surface area (Å²) in [5, 5.41) is 19.6. The average molecular weight is 299 g/mol. The van der Waals surface area contributed by atoms with Gasteiger partial charge in [0.15, 0.2) is 0 Å². The largest absolute Gasteiger partial charge is 0.439 e. The molecule has 1 heterocycles. The number of hydrogen-bond donors (Lipinski definition) is 0. The maximum atomic E-state index is 10.7. The van der Waals surface area contributed by atoms with Gasteiger partial charge in [-0.3, -0.25) is 10.1 Å². The molecule has 7 nitrogen and oxygen atoms in total. The Labute approximate surface area is 126 Å². The number of benzene rings is 1. The normalized spacial score (nSPS) is 10.0. The Kier molecular flexibility index (Phi) is 5.01. The van der Waals surface area contributed by atoms with E-state index in [4.69, 9.17) is 14.7 Å². The quantitative estimate of drug-likeness (QED) is 0.600. The number of methoxy groups -OCH3 is 1. The lowest BCUT2D eigenvalue weighted by atomic mass is 10.1. The van der Waals surface area contributed by atoms with E-state index in [1.165, 1.54) is 12.1 Å². The van der Waals surface area contributed by atoms with Crippen molar-refractivity contribution in [3.05, 3.63) is 57.8 Å². The van der Waals surface area contributed by atoms with Crippen LogP contribution in [-0.4, -0.2) is 23.6 Å². The van der Waals surface area contributed by atoms with Crippen molar-refractivity contribution in [3.8, 4) is 17.7 Å². The molecule has 0 saturated carbocycles. The zero-order valence-electron chi connectivity index (χ0n) is 11.9. The van der Waals surface area contributed by atoms with Crippen molar-refractivity contribution in [2.75, 3.05) is 13.7 Å². The van der Waals surface area contributed by atoms with E-state index in [2.05, 4.69) is 4.98 Å². The molecule has 2 rings (SSSR count). The van der Waals surface area contributed by atoms with Crippen molar-refractivity contribution < 1.29 is 14.4 Å². The van der Waals surface area contributed by atoms with Crippen LogP contribution in [0.4, 0.5) is 5.69 Å². The summed E-state index contributed by atoms with van der Waals surface area (Å²) in [4.78, 5) is 13.9. The van der Waals surface area contributed by atoms with E-state index in [-0.39, 0.29) is 17.3 Å². The molecular formula is C15H13N3O4. The van der Waals surface area contributed by atoms with Gasteiger partial charge in [-0.15, -0.1) is 0 Å². The second-order valence-corrected chi connectivity index (χ2v) is 4.37. The summed E-state index contributed by atoms with van der Waals surface area (Å²) in [7, 11) is 1.64. The predicted octanol–water partition coefficient (Wildman–Crippen LogP) is 2.84. The van der Waals surface area contributed by atoms with E-state index < -0.39 is 4.92 Å². The number of rotatable bonds is 6. The summed E-state index contributed by atoms with van der Waals surface area (Å²) in [6, 6.07) is 11.6. The standard InChI is InChI=1S/C15H13N3O4/c1-21-9-8-11-2-4-12(5-3-11)22-15-7-6-14(18(19)20)13(10-16)17-15/h2-7H,8-9H2,1H3. The minimum atomic E-state index is -0.653. The molecule has 0 saturated heterocycles. The van der Waals surface area contributed by atoms with Crippen LogP contribution in [0.15, 0.2) is 36.4 Å². The number of pyridine rings is 1. The van der Waals surface area contributed by atoms with Gasteiger partial charge in [0.1, 0.15) is 11.8 Å². The first-order valence-corrected chi connectivity index (χ1v) is 6.45. The summed E-state index contributed by atoms with van der Waals surface area (Å²) in [6.45, 7) is 0.635. The fourth-order valence-electron chi connectivity index (χ4n) is 1.79. The number of nitro groups is 1. The van der Waals surface area contributed by atoms with Crippen molar-refractivity contribution in [1.29, 1.82) is 5.26 Å². The van der Waals surface area contributed by atoms with Gasteiger partial charge in [0.25, 0.3) is 0 Å². The molecule has 0 aliphatic carbocycles. The lowest BCUT2D eigenvalue weighted by Gasteiger charge is -2.06. The third-order valence-electron chi connectivity index (χ3n) is 2.89. The van der Waals surface area contributed by atoms with Crippen LogP contribution < -0.4 is 4.74 Å². The average Bonchev–Trinajstić information content (AvgIpc) is 2.54. The van der Waals surface area contributed by atoms with Crippen LogP contribution in [0.5, 0.6) is 11.6 Å². The monoisotopic (exact) mass is 299 g/mol. The maximum absolute atomic E-state index is 10.7. The van der Waals surface area contributed by atoms with Gasteiger partial charge in [-0.05, 0) is 24.1 Å². The first kappa shape index (κ1) is 15.4. The van der Waals surface area contributed by atoms with E-state index in [0.29, 0.717) is 12.4 Å². The molecule has 0 unspecified atom stereocenters. The van der Waals surface area contributed by atoms with Crippen LogP contribution in [0.3, 0.4) is 0 Å². The van der Waals surface area contributed by atoms with E-state index >= 15 is 0 Å². The van der Waals surface area contributed by atoms with E-state index in [1.54, 1.807) is 25.3 Å². The van der Waals surface area contributed by atoms with Gasteiger partial charge in [-0.1, -0.05) is 12.1 Å². The fourth-order valence-corrected chi connectivity index (χ4v) is 1.79. The zero-order chi connectivity index (χ0) is 15.9. The molecule has 1 aromatic carbocycles. The summed E-state index contributed by atoms with van der Waals surface area (Å²) in [5.41, 5.74) is 0.479. The lowest BCUT2D eigenvalue weighted by molar-refractivity contribution is -0.385. The van der Waals surface area contributed by atoms with Crippen molar-refractivity contribution in [2.45, 2.75) is 6.42 Å². The first-order valence-electron chi connectivity index (χ1n) is 6.45. The van der Waals surface area contributed by atoms with Crippen LogP contribution in [-0.2, 0) is 11.2 Å². The number of aromatic nitrogens is 1. The molecule has 0 spiro atoms. The first-order chi connectivity index (χ1) is 10.6. The lowest BCUT2D eigenvalue weighted by Crippen LogP contribution is -1.97. The van der Waals surface area contributed by atoms with Crippen molar-refractivity contribution >= 4 is 5.69 Å². The van der Waals surface area contributed by atoms with E-state index in [0.717, 1.165) is 12.0 Å². The van der Waals surface area contributed by atoms with Gasteiger partial charge in [0.2, 0.25) is 11.6 Å². The summed E-state index contributed by atoms with van der Waals surface area (Å²) in [6.07, 6.45) is 0.797. The Bertz CT molecular complexity index is 708. The number of hydrogen-bond acceptors (Lipinski definition) is 6. The maximum Gasteiger partial charge on any atom is 0.305 e. The summed E-state index contributed by atoms with van der Waals surface area (Å²) < 4.78 is 10.5. The van der Waals surface area contributed by atoms with Crippen molar-refractivity contribution in [1.82, 2.24) is 4.98 Å². The van der Waals surface area contributed by atoms with Crippen LogP contribution in [0, 0.1) is 21.4 Å². The Morgan fingerprint density at radius 1 is 1.27 bits per heavy atom. The van der Waals surface area contributed by atoms with Gasteiger partial charge in [0.05, 0.1) is 11.5 Å². The SMILES string of the molecule is COCCc1ccc(Oc2ccc([N+](=O)[O-])c(C#N)n2)cc1. The van der Waals surface area contributed by atoms with E-state index in [1.807, 2.05) is 12.1 Å². The highest BCUT2D eigenvalue weighted by molar-refractivity contribution is 5.45. The van der Waals surface area contributed by atoms with Crippen LogP contribution in [0.25, 0.3) is 0 Å². The second-order valence-electron chi connectivity index (χ2n) is 4.37. The van der Waals surface area contributed by atoms with Gasteiger partial charge in [0, 0.05) is 19.2 Å². The highest BCUT2D eigenvalue weighted by atomic mass is 16.6. The van der Waals surface area contributed by atoms with E-state index in [9.17, 15) is 10.1 Å². The highest BCUT2D eigenvalue weighted by Crippen LogP contribution is 2.24. The molecule has 0 aliphatic heterocycles. The van der Waals surface area contributed by atoms with Crippen molar-refractivity contribution in [3.63, 3.8) is 0 Å². The van der Waals surface area contributed by atoms with Crippen molar-refractivity contribution in [2.24, 2.45) is 0 Å². The fraction of sp³-hybridized carbons (Fsp3) is 0.200. The number of nitrogens with zero attached hydrogens (tertiary/aromatic N) is 3. The molecule has 7 heteroatoms. The zero-order valence-corrected chi connectivity index (χ0v) is 11.9. The smallest absolute Gasteiger partial charge is 0.305 e. The van der Waals surface area contributed by atoms with Crippen LogP contribution in [0.2, 0.25) is 0 Å². The Balaban J connectivity index is 2.14. The molecule has 0 atom stereocenters. The molecule has 0 fully saturated rings. The molecule has 0 amide bonds. The molecule has 0 bridgehead atoms. The summed E-state index contributed by atoms with van der Waals surface area (Å²) >= 11 is 0. The highest BCUT2D eigenvalue weighted by Gasteiger charge is 2.16. The topological polar surface area (TPSA) is 98.3 Å².